The van der Waals surface area contributed by atoms with Crippen LogP contribution in [0.25, 0.3) is 0 Å². The Hall–Kier alpha value is -1.55. The van der Waals surface area contributed by atoms with Gasteiger partial charge in [0.25, 0.3) is 0 Å². The van der Waals surface area contributed by atoms with Crippen LogP contribution in [0.1, 0.15) is 11.5 Å². The maximum absolute atomic E-state index is 10.7. The van der Waals surface area contributed by atoms with Crippen LogP contribution in [-0.2, 0) is 4.79 Å². The van der Waals surface area contributed by atoms with E-state index in [1.54, 1.807) is 18.2 Å². The molecule has 0 aliphatic heterocycles. The topological polar surface area (TPSA) is 83.6 Å². The summed E-state index contributed by atoms with van der Waals surface area (Å²) in [4.78, 5) is 10.7. The third kappa shape index (κ3) is 1.97. The minimum absolute atomic E-state index is 0.0209. The number of phenols is 1. The quantitative estimate of drug-likeness (QED) is 0.634. The van der Waals surface area contributed by atoms with Crippen molar-refractivity contribution in [1.29, 1.82) is 0 Å². The molecule has 1 unspecified atom stereocenters. The zero-order valence-electron chi connectivity index (χ0n) is 6.97. The van der Waals surface area contributed by atoms with Gasteiger partial charge >= 0.3 is 5.97 Å². The van der Waals surface area contributed by atoms with Crippen molar-refractivity contribution in [3.05, 3.63) is 29.8 Å². The zero-order valence-corrected chi connectivity index (χ0v) is 6.97. The molecule has 4 N–H and O–H groups in total. The number of carboxylic acids is 1. The van der Waals surface area contributed by atoms with Crippen molar-refractivity contribution in [3.8, 4) is 5.75 Å². The molecule has 0 aliphatic rings. The standard InChI is InChI=1S/C9H11NO3/c10-5-7(9(12)13)6-3-1-2-4-8(6)11/h1-4,7,11H,5,10H2,(H,12,13). The highest BCUT2D eigenvalue weighted by atomic mass is 16.4. The molecule has 1 aromatic carbocycles. The summed E-state index contributed by atoms with van der Waals surface area (Å²) in [6.07, 6.45) is 0. The van der Waals surface area contributed by atoms with Crippen LogP contribution in [0.5, 0.6) is 5.75 Å². The molecule has 0 amide bonds. The number of phenolic OH excluding ortho intramolecular Hbond substituents is 1. The van der Waals surface area contributed by atoms with Gasteiger partial charge in [0.2, 0.25) is 0 Å². The average Bonchev–Trinajstić information content (AvgIpc) is 2.09. The second-order valence-corrected chi connectivity index (χ2v) is 2.69. The molecule has 4 nitrogen and oxygen atoms in total. The molecule has 0 spiro atoms. The number of nitrogens with two attached hydrogens (primary N) is 1. The van der Waals surface area contributed by atoms with Crippen LogP contribution < -0.4 is 5.73 Å². The highest BCUT2D eigenvalue weighted by molar-refractivity contribution is 5.77. The maximum atomic E-state index is 10.7. The SMILES string of the molecule is NCC(C(=O)O)c1ccccc1O. The number of benzene rings is 1. The summed E-state index contributed by atoms with van der Waals surface area (Å²) in [5.74, 6) is -1.88. The summed E-state index contributed by atoms with van der Waals surface area (Å²) in [5, 5.41) is 18.1. The van der Waals surface area contributed by atoms with Gasteiger partial charge in [-0.05, 0) is 6.07 Å². The molecule has 0 heterocycles. The van der Waals surface area contributed by atoms with Crippen LogP contribution in [0.15, 0.2) is 24.3 Å². The van der Waals surface area contributed by atoms with Crippen molar-refractivity contribution in [1.82, 2.24) is 0 Å². The molecular weight excluding hydrogens is 170 g/mol. The molecule has 0 aromatic heterocycles. The molecular formula is C9H11NO3. The second kappa shape index (κ2) is 3.91. The van der Waals surface area contributed by atoms with E-state index in [1.807, 2.05) is 0 Å². The molecule has 0 saturated carbocycles. The van der Waals surface area contributed by atoms with Crippen LogP contribution in [0.2, 0.25) is 0 Å². The van der Waals surface area contributed by atoms with Gasteiger partial charge in [-0.3, -0.25) is 4.79 Å². The van der Waals surface area contributed by atoms with Crippen molar-refractivity contribution in [2.75, 3.05) is 6.54 Å². The van der Waals surface area contributed by atoms with Crippen LogP contribution >= 0.6 is 0 Å². The molecule has 0 radical (unpaired) electrons. The van der Waals surface area contributed by atoms with E-state index >= 15 is 0 Å². The summed E-state index contributed by atoms with van der Waals surface area (Å²) < 4.78 is 0. The Labute approximate surface area is 75.6 Å². The van der Waals surface area contributed by atoms with Gasteiger partial charge in [0.05, 0.1) is 5.92 Å². The van der Waals surface area contributed by atoms with Gasteiger partial charge in [-0.1, -0.05) is 18.2 Å². The molecule has 4 heteroatoms. The summed E-state index contributed by atoms with van der Waals surface area (Å²) in [6.45, 7) is -0.0209. The molecule has 1 rings (SSSR count). The lowest BCUT2D eigenvalue weighted by Crippen LogP contribution is -2.21. The fourth-order valence-electron chi connectivity index (χ4n) is 1.14. The van der Waals surface area contributed by atoms with Crippen LogP contribution in [0.3, 0.4) is 0 Å². The molecule has 0 aliphatic carbocycles. The first-order valence-corrected chi connectivity index (χ1v) is 3.87. The number of carboxylic acid groups (broad SMARTS) is 1. The Bertz CT molecular complexity index is 311. The molecule has 1 atom stereocenters. The number of hydrogen-bond acceptors (Lipinski definition) is 3. The van der Waals surface area contributed by atoms with Crippen molar-refractivity contribution >= 4 is 5.97 Å². The lowest BCUT2D eigenvalue weighted by Gasteiger charge is -2.10. The molecule has 70 valence electrons. The minimum Gasteiger partial charge on any atom is -0.508 e. The van der Waals surface area contributed by atoms with E-state index in [2.05, 4.69) is 0 Å². The Kier molecular flexibility index (Phi) is 2.87. The molecule has 0 bridgehead atoms. The lowest BCUT2D eigenvalue weighted by molar-refractivity contribution is -0.138. The predicted molar refractivity (Wildman–Crippen MR) is 47.5 cm³/mol. The van der Waals surface area contributed by atoms with E-state index in [0.717, 1.165) is 0 Å². The second-order valence-electron chi connectivity index (χ2n) is 2.69. The lowest BCUT2D eigenvalue weighted by atomic mass is 9.99. The number of para-hydroxylation sites is 1. The van der Waals surface area contributed by atoms with Crippen LogP contribution in [0, 0.1) is 0 Å². The normalized spacial score (nSPS) is 12.4. The third-order valence-electron chi connectivity index (χ3n) is 1.85. The van der Waals surface area contributed by atoms with Crippen LogP contribution in [0.4, 0.5) is 0 Å². The first-order chi connectivity index (χ1) is 6.16. The fourth-order valence-corrected chi connectivity index (χ4v) is 1.14. The highest BCUT2D eigenvalue weighted by Crippen LogP contribution is 2.24. The van der Waals surface area contributed by atoms with Crippen molar-refractivity contribution in [3.63, 3.8) is 0 Å². The average molecular weight is 181 g/mol. The van der Waals surface area contributed by atoms with Gasteiger partial charge in [0, 0.05) is 12.1 Å². The van der Waals surface area contributed by atoms with Gasteiger partial charge in [-0.2, -0.15) is 0 Å². The monoisotopic (exact) mass is 181 g/mol. The number of aliphatic carboxylic acids is 1. The first kappa shape index (κ1) is 9.54. The Morgan fingerprint density at radius 3 is 2.54 bits per heavy atom. The van der Waals surface area contributed by atoms with Gasteiger partial charge in [0.1, 0.15) is 5.75 Å². The molecule has 0 fully saturated rings. The fraction of sp³-hybridized carbons (Fsp3) is 0.222. The van der Waals surface area contributed by atoms with Gasteiger partial charge < -0.3 is 15.9 Å². The highest BCUT2D eigenvalue weighted by Gasteiger charge is 2.20. The molecule has 1 aromatic rings. The van der Waals surface area contributed by atoms with Crippen molar-refractivity contribution in [2.24, 2.45) is 5.73 Å². The molecule has 13 heavy (non-hydrogen) atoms. The van der Waals surface area contributed by atoms with Crippen molar-refractivity contribution < 1.29 is 15.0 Å². The summed E-state index contributed by atoms with van der Waals surface area (Å²) >= 11 is 0. The predicted octanol–water partition coefficient (Wildman–Crippen LogP) is 0.519. The zero-order chi connectivity index (χ0) is 9.84. The van der Waals surface area contributed by atoms with E-state index in [1.165, 1.54) is 6.07 Å². The van der Waals surface area contributed by atoms with Crippen LogP contribution in [-0.4, -0.2) is 22.7 Å². The van der Waals surface area contributed by atoms with Gasteiger partial charge in [0.15, 0.2) is 0 Å². The Morgan fingerprint density at radius 2 is 2.08 bits per heavy atom. The van der Waals surface area contributed by atoms with E-state index in [0.29, 0.717) is 5.56 Å². The number of carbonyl (C=O) groups is 1. The van der Waals surface area contributed by atoms with Crippen molar-refractivity contribution in [2.45, 2.75) is 5.92 Å². The third-order valence-corrected chi connectivity index (χ3v) is 1.85. The largest absolute Gasteiger partial charge is 0.508 e. The summed E-state index contributed by atoms with van der Waals surface area (Å²) in [7, 11) is 0. The molecule has 0 saturated heterocycles. The Balaban J connectivity index is 3.04. The van der Waals surface area contributed by atoms with E-state index < -0.39 is 11.9 Å². The van der Waals surface area contributed by atoms with E-state index in [-0.39, 0.29) is 12.3 Å². The Morgan fingerprint density at radius 1 is 1.46 bits per heavy atom. The van der Waals surface area contributed by atoms with Gasteiger partial charge in [-0.15, -0.1) is 0 Å². The maximum Gasteiger partial charge on any atom is 0.312 e. The first-order valence-electron chi connectivity index (χ1n) is 3.87. The van der Waals surface area contributed by atoms with E-state index in [4.69, 9.17) is 10.8 Å². The number of hydrogen-bond donors (Lipinski definition) is 3. The van der Waals surface area contributed by atoms with E-state index in [9.17, 15) is 9.90 Å². The number of rotatable bonds is 3. The summed E-state index contributed by atoms with van der Waals surface area (Å²) in [5.41, 5.74) is 5.64. The minimum atomic E-state index is -1.02. The smallest absolute Gasteiger partial charge is 0.312 e. The summed E-state index contributed by atoms with van der Waals surface area (Å²) in [6, 6.07) is 6.30. The number of aromatic hydroxyl groups is 1. The van der Waals surface area contributed by atoms with Gasteiger partial charge in [-0.25, -0.2) is 0 Å².